The van der Waals surface area contributed by atoms with Gasteiger partial charge in [0.15, 0.2) is 23.6 Å². The summed E-state index contributed by atoms with van der Waals surface area (Å²) in [5, 5.41) is 42.3. The lowest BCUT2D eigenvalue weighted by atomic mass is 10.1. The van der Waals surface area contributed by atoms with E-state index < -0.39 is 75.0 Å². The maximum Gasteiger partial charge on any atom is 0.338 e. The van der Waals surface area contributed by atoms with Crippen molar-refractivity contribution in [3.8, 4) is 0 Å². The van der Waals surface area contributed by atoms with Gasteiger partial charge in [-0.25, -0.2) is 19.9 Å². The van der Waals surface area contributed by atoms with E-state index in [1.807, 2.05) is 0 Å². The number of hydrogen-bond donors (Lipinski definition) is 7. The van der Waals surface area contributed by atoms with Crippen molar-refractivity contribution < 1.29 is 43.9 Å². The van der Waals surface area contributed by atoms with Gasteiger partial charge in [0.25, 0.3) is 5.56 Å². The monoisotopic (exact) mass is 594 g/mol. The van der Waals surface area contributed by atoms with Crippen LogP contribution in [0.15, 0.2) is 36.0 Å². The van der Waals surface area contributed by atoms with Crippen molar-refractivity contribution in [2.45, 2.75) is 55.1 Å². The first kappa shape index (κ1) is 27.8. The van der Waals surface area contributed by atoms with Gasteiger partial charge in [0.1, 0.15) is 47.9 Å². The number of fused-ring (bicyclic) bond motifs is 2. The van der Waals surface area contributed by atoms with Crippen LogP contribution in [0.2, 0.25) is 0 Å². The second-order valence-corrected chi connectivity index (χ2v) is 11.7. The predicted octanol–water partition coefficient (Wildman–Crippen LogP) is -2.02. The Bertz CT molecular complexity index is 1680. The average molecular weight is 594 g/mol. The summed E-state index contributed by atoms with van der Waals surface area (Å²) in [7, 11) is -4.71. The SMILES string of the molecule is Nc1ncnc2c1ccn2[C@@H]1O[C@H](CCOP(=O)(O)[C@@H]2[C@H](O)[C@@H](CO)O[C@H]2n2cnc3c(=O)[nH]cnc32)[C@@H](O)[C@H]1O. The molecule has 9 atom stereocenters. The molecule has 1 unspecified atom stereocenters. The highest BCUT2D eigenvalue weighted by Gasteiger charge is 2.55. The van der Waals surface area contributed by atoms with Crippen LogP contribution in [0, 0.1) is 0 Å². The van der Waals surface area contributed by atoms with Gasteiger partial charge in [0, 0.05) is 12.6 Å². The Hall–Kier alpha value is -3.32. The Balaban J connectivity index is 1.18. The normalized spacial score (nSPS) is 31.7. The first-order valence-electron chi connectivity index (χ1n) is 12.5. The standard InChI is InChI=1S/C22H27N8O10P/c23-17-9-1-3-29(18(9)25-6-24-17)21-15(34)13(32)10(39-21)2-4-38-41(36,37)16-14(33)11(5-31)40-22(16)30-8-28-12-19(30)26-7-27-20(12)35/h1,3,6-8,10-11,13-16,21-22,31-34H,2,4-5H2,(H,36,37)(H2,23,24,25)(H,26,27,35)/t10-,11-,13-,14-,15-,16-,21-,22-/m1/s1. The number of nitrogen functional groups attached to an aromatic ring is 1. The fraction of sp³-hybridized carbons (Fsp3) is 0.500. The van der Waals surface area contributed by atoms with Gasteiger partial charge in [-0.3, -0.25) is 13.9 Å². The number of aromatic nitrogens is 7. The van der Waals surface area contributed by atoms with Crippen LogP contribution in [-0.4, -0.2) is 109 Å². The van der Waals surface area contributed by atoms with Crippen molar-refractivity contribution in [1.82, 2.24) is 34.1 Å². The van der Waals surface area contributed by atoms with Gasteiger partial charge in [-0.15, -0.1) is 0 Å². The lowest BCUT2D eigenvalue weighted by Gasteiger charge is -2.26. The molecule has 2 saturated heterocycles. The summed E-state index contributed by atoms with van der Waals surface area (Å²) in [6, 6.07) is 1.64. The van der Waals surface area contributed by atoms with Gasteiger partial charge in [-0.1, -0.05) is 0 Å². The molecular weight excluding hydrogens is 567 g/mol. The van der Waals surface area contributed by atoms with E-state index in [1.54, 1.807) is 12.3 Å². The molecule has 0 spiro atoms. The third-order valence-electron chi connectivity index (χ3n) is 7.36. The number of nitrogens with zero attached hydrogens (tertiary/aromatic N) is 6. The molecule has 8 N–H and O–H groups in total. The molecule has 220 valence electrons. The third kappa shape index (κ3) is 4.62. The molecule has 0 bridgehead atoms. The largest absolute Gasteiger partial charge is 0.394 e. The summed E-state index contributed by atoms with van der Waals surface area (Å²) in [5.41, 5.74) is 4.08. The second kappa shape index (κ2) is 10.5. The Labute approximate surface area is 229 Å². The van der Waals surface area contributed by atoms with E-state index in [9.17, 15) is 34.7 Å². The Morgan fingerprint density at radius 2 is 1.80 bits per heavy atom. The Morgan fingerprint density at radius 3 is 2.59 bits per heavy atom. The second-order valence-electron chi connectivity index (χ2n) is 9.74. The van der Waals surface area contributed by atoms with Crippen LogP contribution in [0.3, 0.4) is 0 Å². The van der Waals surface area contributed by atoms with E-state index in [-0.39, 0.29) is 23.4 Å². The molecule has 6 heterocycles. The Morgan fingerprint density at radius 1 is 1.02 bits per heavy atom. The maximum atomic E-state index is 13.5. The first-order valence-corrected chi connectivity index (χ1v) is 14.2. The van der Waals surface area contributed by atoms with Crippen LogP contribution in [-0.2, 0) is 18.6 Å². The van der Waals surface area contributed by atoms with Gasteiger partial charge in [0.05, 0.1) is 37.4 Å². The number of anilines is 1. The molecule has 2 aliphatic heterocycles. The number of aliphatic hydroxyl groups is 4. The minimum atomic E-state index is -4.71. The average Bonchev–Trinajstić information content (AvgIpc) is 3.70. The van der Waals surface area contributed by atoms with Crippen molar-refractivity contribution in [1.29, 1.82) is 0 Å². The lowest BCUT2D eigenvalue weighted by Crippen LogP contribution is -2.34. The highest BCUT2D eigenvalue weighted by molar-refractivity contribution is 7.53. The molecule has 6 rings (SSSR count). The van der Waals surface area contributed by atoms with Gasteiger partial charge < -0.3 is 54.6 Å². The number of nitrogens with two attached hydrogens (primary N) is 1. The number of nitrogens with one attached hydrogen (secondary N) is 1. The van der Waals surface area contributed by atoms with E-state index in [2.05, 4.69) is 24.9 Å². The van der Waals surface area contributed by atoms with E-state index in [1.165, 1.54) is 21.8 Å². The van der Waals surface area contributed by atoms with Crippen molar-refractivity contribution in [2.75, 3.05) is 18.9 Å². The first-order chi connectivity index (χ1) is 19.6. The van der Waals surface area contributed by atoms with Crippen LogP contribution >= 0.6 is 7.60 Å². The number of hydrogen-bond acceptors (Lipinski definition) is 14. The number of aromatic amines is 1. The summed E-state index contributed by atoms with van der Waals surface area (Å²) in [6.45, 7) is -1.08. The molecule has 4 aromatic heterocycles. The van der Waals surface area contributed by atoms with Crippen LogP contribution in [0.1, 0.15) is 18.9 Å². The number of imidazole rings is 1. The van der Waals surface area contributed by atoms with Crippen LogP contribution in [0.25, 0.3) is 22.2 Å². The van der Waals surface area contributed by atoms with E-state index in [0.717, 1.165) is 6.33 Å². The zero-order chi connectivity index (χ0) is 29.1. The predicted molar refractivity (Wildman–Crippen MR) is 137 cm³/mol. The van der Waals surface area contributed by atoms with Crippen LogP contribution < -0.4 is 11.3 Å². The third-order valence-corrected chi connectivity index (χ3v) is 9.23. The molecular formula is C22H27N8O10P. The van der Waals surface area contributed by atoms with Crippen molar-refractivity contribution >= 4 is 35.6 Å². The molecule has 0 saturated carbocycles. The van der Waals surface area contributed by atoms with Crippen LogP contribution in [0.4, 0.5) is 5.82 Å². The summed E-state index contributed by atoms with van der Waals surface area (Å²) < 4.78 is 33.0. The topological polar surface area (TPSA) is 266 Å². The van der Waals surface area contributed by atoms with Crippen molar-refractivity contribution in [3.05, 3.63) is 41.6 Å². The highest BCUT2D eigenvalue weighted by Crippen LogP contribution is 2.57. The van der Waals surface area contributed by atoms with E-state index in [0.29, 0.717) is 11.0 Å². The summed E-state index contributed by atoms with van der Waals surface area (Å²) in [6.07, 6.45) is -3.98. The summed E-state index contributed by atoms with van der Waals surface area (Å²) >= 11 is 0. The van der Waals surface area contributed by atoms with Gasteiger partial charge in [0.2, 0.25) is 0 Å². The number of rotatable bonds is 8. The molecule has 19 heteroatoms. The zero-order valence-electron chi connectivity index (χ0n) is 21.1. The highest BCUT2D eigenvalue weighted by atomic mass is 31.2. The minimum Gasteiger partial charge on any atom is -0.394 e. The molecule has 41 heavy (non-hydrogen) atoms. The van der Waals surface area contributed by atoms with Crippen LogP contribution in [0.5, 0.6) is 0 Å². The molecule has 0 amide bonds. The zero-order valence-corrected chi connectivity index (χ0v) is 22.0. The van der Waals surface area contributed by atoms with E-state index in [4.69, 9.17) is 19.7 Å². The summed E-state index contributed by atoms with van der Waals surface area (Å²) in [4.78, 5) is 41.5. The quantitative estimate of drug-likeness (QED) is 0.109. The number of ether oxygens (including phenoxy) is 2. The number of H-pyrrole nitrogens is 1. The molecule has 18 nitrogen and oxygen atoms in total. The van der Waals surface area contributed by atoms with Gasteiger partial charge in [-0.05, 0) is 6.07 Å². The summed E-state index contributed by atoms with van der Waals surface area (Å²) in [5.74, 6) is 0.233. The fourth-order valence-corrected chi connectivity index (χ4v) is 6.95. The van der Waals surface area contributed by atoms with Gasteiger partial charge in [-0.2, -0.15) is 0 Å². The Kier molecular flexibility index (Phi) is 7.13. The smallest absolute Gasteiger partial charge is 0.338 e. The molecule has 0 radical (unpaired) electrons. The van der Waals surface area contributed by atoms with E-state index >= 15 is 0 Å². The minimum absolute atomic E-state index is 0.0293. The van der Waals surface area contributed by atoms with Gasteiger partial charge >= 0.3 is 7.60 Å². The molecule has 0 aromatic carbocycles. The van der Waals surface area contributed by atoms with Crippen molar-refractivity contribution in [2.24, 2.45) is 0 Å². The maximum absolute atomic E-state index is 13.5. The molecule has 2 fully saturated rings. The molecule has 0 aliphatic carbocycles. The lowest BCUT2D eigenvalue weighted by molar-refractivity contribution is -0.0435. The molecule has 2 aliphatic rings. The molecule has 4 aromatic rings. The van der Waals surface area contributed by atoms with Crippen molar-refractivity contribution in [3.63, 3.8) is 0 Å². The number of aliphatic hydroxyl groups excluding tert-OH is 4. The fourth-order valence-electron chi connectivity index (χ4n) is 5.29.